The van der Waals surface area contributed by atoms with Gasteiger partial charge in [-0.2, -0.15) is 0 Å². The maximum absolute atomic E-state index is 12.0. The molecule has 0 N–H and O–H groups in total. The average molecular weight is 252 g/mol. The fourth-order valence-corrected chi connectivity index (χ4v) is 2.61. The van der Waals surface area contributed by atoms with Crippen molar-refractivity contribution in [1.82, 2.24) is 4.90 Å². The first kappa shape index (κ1) is 13.0. The first-order valence-corrected chi connectivity index (χ1v) is 6.35. The van der Waals surface area contributed by atoms with Gasteiger partial charge in [-0.1, -0.05) is 5.11 Å². The number of azide groups is 1. The molecule has 1 saturated heterocycles. The minimum Gasteiger partial charge on any atom is -0.444 e. The number of nitrogens with zero attached hydrogens (tertiary/aromatic N) is 4. The van der Waals surface area contributed by atoms with Crippen LogP contribution in [0.1, 0.15) is 33.6 Å². The monoisotopic (exact) mass is 252 g/mol. The Kier molecular flexibility index (Phi) is 3.15. The quantitative estimate of drug-likeness (QED) is 0.430. The summed E-state index contributed by atoms with van der Waals surface area (Å²) in [5, 5.41) is 3.66. The van der Waals surface area contributed by atoms with E-state index in [1.54, 1.807) is 4.90 Å². The zero-order valence-corrected chi connectivity index (χ0v) is 11.2. The van der Waals surface area contributed by atoms with Gasteiger partial charge in [-0.15, -0.1) is 0 Å². The van der Waals surface area contributed by atoms with E-state index in [2.05, 4.69) is 10.0 Å². The zero-order valence-electron chi connectivity index (χ0n) is 11.2. The van der Waals surface area contributed by atoms with Gasteiger partial charge in [0.2, 0.25) is 0 Å². The molecule has 2 rings (SSSR count). The molecule has 1 aliphatic heterocycles. The van der Waals surface area contributed by atoms with E-state index < -0.39 is 5.60 Å². The van der Waals surface area contributed by atoms with Gasteiger partial charge in [-0.25, -0.2) is 4.79 Å². The van der Waals surface area contributed by atoms with Crippen LogP contribution in [0.2, 0.25) is 0 Å². The van der Waals surface area contributed by atoms with Crippen molar-refractivity contribution in [3.63, 3.8) is 0 Å². The molecule has 1 aliphatic carbocycles. The van der Waals surface area contributed by atoms with Crippen LogP contribution >= 0.6 is 0 Å². The fourth-order valence-electron chi connectivity index (χ4n) is 2.61. The number of hydrogen-bond acceptors (Lipinski definition) is 3. The number of carbonyl (C=O) groups is 1. The van der Waals surface area contributed by atoms with E-state index in [9.17, 15) is 4.79 Å². The molecule has 100 valence electrons. The molecule has 1 atom stereocenters. The molecule has 1 spiro atoms. The summed E-state index contributed by atoms with van der Waals surface area (Å²) in [5.74, 6) is 0.293. The fraction of sp³-hybridized carbons (Fsp3) is 0.917. The number of amides is 1. The molecule has 0 aromatic carbocycles. The predicted octanol–water partition coefficient (Wildman–Crippen LogP) is 2.94. The highest BCUT2D eigenvalue weighted by atomic mass is 16.6. The van der Waals surface area contributed by atoms with Gasteiger partial charge in [-0.05, 0) is 50.5 Å². The third-order valence-electron chi connectivity index (χ3n) is 3.72. The van der Waals surface area contributed by atoms with Crippen LogP contribution in [-0.2, 0) is 4.74 Å². The Balaban J connectivity index is 1.97. The Morgan fingerprint density at radius 1 is 1.56 bits per heavy atom. The van der Waals surface area contributed by atoms with E-state index in [4.69, 9.17) is 10.3 Å². The second-order valence-corrected chi connectivity index (χ2v) is 6.33. The largest absolute Gasteiger partial charge is 0.444 e. The summed E-state index contributed by atoms with van der Waals surface area (Å²) in [4.78, 5) is 16.6. The molecule has 0 aromatic rings. The third kappa shape index (κ3) is 2.70. The van der Waals surface area contributed by atoms with Gasteiger partial charge < -0.3 is 9.64 Å². The molecule has 0 aromatic heterocycles. The van der Waals surface area contributed by atoms with E-state index in [0.29, 0.717) is 19.0 Å². The summed E-state index contributed by atoms with van der Waals surface area (Å²) in [5.41, 5.74) is 8.14. The number of ether oxygens (including phenoxy) is 1. The number of hydrogen-bond donors (Lipinski definition) is 0. The molecule has 1 unspecified atom stereocenters. The van der Waals surface area contributed by atoms with Gasteiger partial charge >= 0.3 is 6.09 Å². The van der Waals surface area contributed by atoms with Crippen molar-refractivity contribution < 1.29 is 9.53 Å². The van der Waals surface area contributed by atoms with E-state index >= 15 is 0 Å². The summed E-state index contributed by atoms with van der Waals surface area (Å²) in [6.07, 6.45) is 1.99. The van der Waals surface area contributed by atoms with E-state index in [1.165, 1.54) is 0 Å². The highest BCUT2D eigenvalue weighted by molar-refractivity contribution is 5.68. The summed E-state index contributed by atoms with van der Waals surface area (Å²) in [6.45, 7) is 7.47. The van der Waals surface area contributed by atoms with Crippen LogP contribution < -0.4 is 0 Å². The van der Waals surface area contributed by atoms with E-state index in [0.717, 1.165) is 19.4 Å². The SMILES string of the molecule is CC(C)(C)OC(=O)N1CC(CN=[N+]=[N-])C2(CC2)C1. The molecule has 0 radical (unpaired) electrons. The number of rotatable bonds is 2. The summed E-state index contributed by atoms with van der Waals surface area (Å²) in [6, 6.07) is 0. The topological polar surface area (TPSA) is 78.3 Å². The lowest BCUT2D eigenvalue weighted by Crippen LogP contribution is -2.35. The van der Waals surface area contributed by atoms with Crippen LogP contribution in [0.5, 0.6) is 0 Å². The summed E-state index contributed by atoms with van der Waals surface area (Å²) < 4.78 is 5.38. The number of carbonyl (C=O) groups excluding carboxylic acids is 1. The van der Waals surface area contributed by atoms with Gasteiger partial charge in [0.25, 0.3) is 0 Å². The zero-order chi connectivity index (χ0) is 13.4. The molecule has 2 fully saturated rings. The van der Waals surface area contributed by atoms with Crippen molar-refractivity contribution >= 4 is 6.09 Å². The highest BCUT2D eigenvalue weighted by Crippen LogP contribution is 2.56. The smallest absolute Gasteiger partial charge is 0.410 e. The lowest BCUT2D eigenvalue weighted by atomic mass is 9.93. The Hall–Kier alpha value is -1.42. The average Bonchev–Trinajstić information content (AvgIpc) is 2.89. The lowest BCUT2D eigenvalue weighted by molar-refractivity contribution is 0.0282. The summed E-state index contributed by atoms with van der Waals surface area (Å²) >= 11 is 0. The minimum absolute atomic E-state index is 0.199. The Morgan fingerprint density at radius 3 is 2.72 bits per heavy atom. The number of likely N-dealkylation sites (tertiary alicyclic amines) is 1. The Bertz CT molecular complexity index is 391. The van der Waals surface area contributed by atoms with Gasteiger partial charge in [0.05, 0.1) is 0 Å². The molecule has 1 amide bonds. The van der Waals surface area contributed by atoms with Gasteiger partial charge in [0, 0.05) is 24.5 Å². The van der Waals surface area contributed by atoms with Crippen molar-refractivity contribution in [2.75, 3.05) is 19.6 Å². The standard InChI is InChI=1S/C12H20N4O2/c1-11(2,3)18-10(17)16-7-9(6-14-15-13)12(8-16)4-5-12/h9H,4-8H2,1-3H3. The Morgan fingerprint density at radius 2 is 2.22 bits per heavy atom. The normalized spacial score (nSPS) is 24.8. The predicted molar refractivity (Wildman–Crippen MR) is 67.0 cm³/mol. The third-order valence-corrected chi connectivity index (χ3v) is 3.72. The van der Waals surface area contributed by atoms with Crippen molar-refractivity contribution in [2.24, 2.45) is 16.4 Å². The maximum atomic E-state index is 12.0. The highest BCUT2D eigenvalue weighted by Gasteiger charge is 2.55. The van der Waals surface area contributed by atoms with Gasteiger partial charge in [-0.3, -0.25) is 0 Å². The molecule has 1 saturated carbocycles. The molecule has 6 heteroatoms. The summed E-state index contributed by atoms with van der Waals surface area (Å²) in [7, 11) is 0. The molecular formula is C12H20N4O2. The first-order chi connectivity index (χ1) is 8.36. The second kappa shape index (κ2) is 4.35. The van der Waals surface area contributed by atoms with Crippen molar-refractivity contribution in [3.8, 4) is 0 Å². The molecule has 18 heavy (non-hydrogen) atoms. The van der Waals surface area contributed by atoms with E-state index in [-0.39, 0.29) is 11.5 Å². The van der Waals surface area contributed by atoms with Crippen LogP contribution in [-0.4, -0.2) is 36.2 Å². The maximum Gasteiger partial charge on any atom is 0.410 e. The minimum atomic E-state index is -0.462. The van der Waals surface area contributed by atoms with E-state index in [1.807, 2.05) is 20.8 Å². The molecule has 2 aliphatic rings. The van der Waals surface area contributed by atoms with Crippen molar-refractivity contribution in [1.29, 1.82) is 0 Å². The molecule has 0 bridgehead atoms. The molecule has 6 nitrogen and oxygen atoms in total. The van der Waals surface area contributed by atoms with Gasteiger partial charge in [0.15, 0.2) is 0 Å². The molecule has 1 heterocycles. The van der Waals surface area contributed by atoms with Crippen LogP contribution in [0.15, 0.2) is 5.11 Å². The second-order valence-electron chi connectivity index (χ2n) is 6.33. The lowest BCUT2D eigenvalue weighted by Gasteiger charge is -2.24. The molecular weight excluding hydrogens is 232 g/mol. The van der Waals surface area contributed by atoms with Crippen LogP contribution in [0.25, 0.3) is 10.4 Å². The van der Waals surface area contributed by atoms with Crippen molar-refractivity contribution in [3.05, 3.63) is 10.4 Å². The van der Waals surface area contributed by atoms with Crippen LogP contribution in [0, 0.1) is 11.3 Å². The Labute approximate surface area is 107 Å². The van der Waals surface area contributed by atoms with Gasteiger partial charge in [0.1, 0.15) is 5.60 Å². The van der Waals surface area contributed by atoms with Crippen LogP contribution in [0.3, 0.4) is 0 Å². The first-order valence-electron chi connectivity index (χ1n) is 6.35. The van der Waals surface area contributed by atoms with Crippen molar-refractivity contribution in [2.45, 2.75) is 39.2 Å². The van der Waals surface area contributed by atoms with Crippen LogP contribution in [0.4, 0.5) is 4.79 Å².